The Morgan fingerprint density at radius 2 is 2.07 bits per heavy atom. The fourth-order valence-corrected chi connectivity index (χ4v) is 4.32. The van der Waals surface area contributed by atoms with E-state index >= 15 is 0 Å². The topological polar surface area (TPSA) is 71.5 Å². The van der Waals surface area contributed by atoms with Gasteiger partial charge in [-0.15, -0.1) is 0 Å². The molecule has 0 saturated carbocycles. The molecule has 2 aliphatic rings. The second-order valence-electron chi connectivity index (χ2n) is 7.60. The van der Waals surface area contributed by atoms with E-state index in [-0.39, 0.29) is 30.4 Å². The van der Waals surface area contributed by atoms with Gasteiger partial charge in [0.05, 0.1) is 18.2 Å². The number of carbonyl (C=O) groups excluding carboxylic acids is 2. The highest BCUT2D eigenvalue weighted by Gasteiger charge is 2.35. The third-order valence-electron chi connectivity index (χ3n) is 5.65. The van der Waals surface area contributed by atoms with Crippen LogP contribution < -0.4 is 10.2 Å². The lowest BCUT2D eigenvalue weighted by atomic mass is 9.94. The lowest BCUT2D eigenvalue weighted by Gasteiger charge is -2.26. The molecule has 2 aromatic carbocycles. The van der Waals surface area contributed by atoms with Crippen LogP contribution in [0.3, 0.4) is 0 Å². The van der Waals surface area contributed by atoms with Crippen LogP contribution in [0.1, 0.15) is 28.3 Å². The van der Waals surface area contributed by atoms with Crippen molar-refractivity contribution < 1.29 is 14.3 Å². The maximum Gasteiger partial charge on any atom is 0.258 e. The van der Waals surface area contributed by atoms with Crippen LogP contribution in [0.4, 0.5) is 5.69 Å². The van der Waals surface area contributed by atoms with Gasteiger partial charge < -0.3 is 15.0 Å². The van der Waals surface area contributed by atoms with Gasteiger partial charge in [0.2, 0.25) is 5.91 Å². The molecule has 1 N–H and O–H groups in total. The lowest BCUT2D eigenvalue weighted by Crippen LogP contribution is -2.46. The van der Waals surface area contributed by atoms with Crippen LogP contribution in [-0.2, 0) is 9.53 Å². The standard InChI is InChI=1S/C23H21N3O3/c27-22-14-29-13-18(25-22)10-17-12-26(21-6-2-1-5-19(17)21)23(28)16-8-7-15-4-3-9-24-20(15)11-16/h1-9,11,17-18H,10,12-14H2,(H,25,27). The maximum atomic E-state index is 13.3. The van der Waals surface area contributed by atoms with Gasteiger partial charge in [-0.2, -0.15) is 0 Å². The van der Waals surface area contributed by atoms with Crippen molar-refractivity contribution in [2.24, 2.45) is 0 Å². The van der Waals surface area contributed by atoms with Crippen molar-refractivity contribution in [1.29, 1.82) is 0 Å². The predicted octanol–water partition coefficient (Wildman–Crippen LogP) is 2.88. The van der Waals surface area contributed by atoms with Gasteiger partial charge in [0.25, 0.3) is 5.91 Å². The minimum atomic E-state index is -0.0795. The number of hydrogen-bond donors (Lipinski definition) is 1. The molecule has 0 bridgehead atoms. The number of hydrogen-bond acceptors (Lipinski definition) is 4. The normalized spacial score (nSPS) is 21.1. The molecular weight excluding hydrogens is 366 g/mol. The van der Waals surface area contributed by atoms with Gasteiger partial charge in [-0.3, -0.25) is 14.6 Å². The first-order valence-electron chi connectivity index (χ1n) is 9.82. The molecular formula is C23H21N3O3. The second-order valence-corrected chi connectivity index (χ2v) is 7.60. The Labute approximate surface area is 168 Å². The molecule has 2 amide bonds. The third kappa shape index (κ3) is 3.36. The van der Waals surface area contributed by atoms with Crippen LogP contribution in [0.5, 0.6) is 0 Å². The summed E-state index contributed by atoms with van der Waals surface area (Å²) in [5.74, 6) is 0.0429. The van der Waals surface area contributed by atoms with E-state index in [1.807, 2.05) is 53.4 Å². The molecule has 1 fully saturated rings. The Balaban J connectivity index is 1.42. The molecule has 6 heteroatoms. The smallest absolute Gasteiger partial charge is 0.258 e. The molecule has 1 saturated heterocycles. The average Bonchev–Trinajstić information content (AvgIpc) is 3.11. The summed E-state index contributed by atoms with van der Waals surface area (Å²) >= 11 is 0. The fourth-order valence-electron chi connectivity index (χ4n) is 4.32. The number of ether oxygens (including phenoxy) is 1. The number of nitrogens with zero attached hydrogens (tertiary/aromatic N) is 2. The van der Waals surface area contributed by atoms with Gasteiger partial charge in [0, 0.05) is 35.3 Å². The van der Waals surface area contributed by atoms with Crippen LogP contribution in [0.2, 0.25) is 0 Å². The van der Waals surface area contributed by atoms with Gasteiger partial charge in [0.1, 0.15) is 6.61 Å². The molecule has 5 rings (SSSR count). The van der Waals surface area contributed by atoms with Crippen LogP contribution in [0, 0.1) is 0 Å². The van der Waals surface area contributed by atoms with E-state index in [1.165, 1.54) is 0 Å². The van der Waals surface area contributed by atoms with E-state index in [0.29, 0.717) is 18.7 Å². The van der Waals surface area contributed by atoms with Crippen molar-refractivity contribution in [3.8, 4) is 0 Å². The first-order valence-corrected chi connectivity index (χ1v) is 9.82. The summed E-state index contributed by atoms with van der Waals surface area (Å²) in [5, 5.41) is 4.01. The Morgan fingerprint density at radius 1 is 1.17 bits per heavy atom. The molecule has 2 aliphatic heterocycles. The quantitative estimate of drug-likeness (QED) is 0.750. The highest BCUT2D eigenvalue weighted by Crippen LogP contribution is 2.39. The van der Waals surface area contributed by atoms with E-state index in [1.54, 1.807) is 6.20 Å². The second kappa shape index (κ2) is 7.29. The van der Waals surface area contributed by atoms with Gasteiger partial charge >= 0.3 is 0 Å². The van der Waals surface area contributed by atoms with Crippen molar-refractivity contribution in [3.05, 3.63) is 71.9 Å². The van der Waals surface area contributed by atoms with Crippen LogP contribution in [-0.4, -0.2) is 42.6 Å². The SMILES string of the molecule is O=C1COCC(CC2CN(C(=O)c3ccc4cccnc4c3)c3ccccc32)N1. The molecule has 146 valence electrons. The van der Waals surface area contributed by atoms with Gasteiger partial charge in [-0.25, -0.2) is 0 Å². The molecule has 0 spiro atoms. The summed E-state index contributed by atoms with van der Waals surface area (Å²) in [5.41, 5.74) is 3.51. The summed E-state index contributed by atoms with van der Waals surface area (Å²) < 4.78 is 5.38. The third-order valence-corrected chi connectivity index (χ3v) is 5.65. The minimum Gasteiger partial charge on any atom is -0.370 e. The van der Waals surface area contributed by atoms with E-state index in [9.17, 15) is 9.59 Å². The van der Waals surface area contributed by atoms with E-state index in [2.05, 4.69) is 16.4 Å². The Bertz CT molecular complexity index is 1100. The van der Waals surface area contributed by atoms with Crippen LogP contribution in [0.15, 0.2) is 60.8 Å². The number of para-hydroxylation sites is 1. The molecule has 29 heavy (non-hydrogen) atoms. The molecule has 0 radical (unpaired) electrons. The Kier molecular flexibility index (Phi) is 4.48. The summed E-state index contributed by atoms with van der Waals surface area (Å²) in [6.45, 7) is 1.22. The van der Waals surface area contributed by atoms with E-state index in [4.69, 9.17) is 4.74 Å². The average molecular weight is 387 g/mol. The van der Waals surface area contributed by atoms with Crippen molar-refractivity contribution >= 4 is 28.4 Å². The van der Waals surface area contributed by atoms with Crippen molar-refractivity contribution in [2.45, 2.75) is 18.4 Å². The van der Waals surface area contributed by atoms with Gasteiger partial charge in [0.15, 0.2) is 0 Å². The number of pyridine rings is 1. The first-order chi connectivity index (χ1) is 14.2. The number of fused-ring (bicyclic) bond motifs is 2. The number of carbonyl (C=O) groups is 2. The number of nitrogens with one attached hydrogen (secondary N) is 1. The number of morpholine rings is 1. The highest BCUT2D eigenvalue weighted by molar-refractivity contribution is 6.09. The molecule has 0 aliphatic carbocycles. The van der Waals surface area contributed by atoms with Crippen molar-refractivity contribution in [2.75, 3.05) is 24.7 Å². The zero-order chi connectivity index (χ0) is 19.8. The van der Waals surface area contributed by atoms with Crippen LogP contribution >= 0.6 is 0 Å². The molecule has 3 heterocycles. The number of amides is 2. The van der Waals surface area contributed by atoms with Crippen molar-refractivity contribution in [3.63, 3.8) is 0 Å². The molecule has 2 atom stereocenters. The summed E-state index contributed by atoms with van der Waals surface area (Å²) in [6.07, 6.45) is 2.48. The zero-order valence-corrected chi connectivity index (χ0v) is 15.9. The Hall–Kier alpha value is -3.25. The lowest BCUT2D eigenvalue weighted by molar-refractivity contribution is -0.131. The molecule has 2 unspecified atom stereocenters. The minimum absolute atomic E-state index is 0.0311. The Morgan fingerprint density at radius 3 is 2.97 bits per heavy atom. The number of anilines is 1. The van der Waals surface area contributed by atoms with Crippen molar-refractivity contribution in [1.82, 2.24) is 10.3 Å². The molecule has 6 nitrogen and oxygen atoms in total. The largest absolute Gasteiger partial charge is 0.370 e. The summed E-state index contributed by atoms with van der Waals surface area (Å²) in [6, 6.07) is 17.5. The first kappa shape index (κ1) is 17.8. The number of benzene rings is 2. The summed E-state index contributed by atoms with van der Waals surface area (Å²) in [4.78, 5) is 31.2. The molecule has 3 aromatic rings. The molecule has 1 aromatic heterocycles. The van der Waals surface area contributed by atoms with E-state index < -0.39 is 0 Å². The summed E-state index contributed by atoms with van der Waals surface area (Å²) in [7, 11) is 0. The van der Waals surface area contributed by atoms with Gasteiger partial charge in [-0.1, -0.05) is 30.3 Å². The maximum absolute atomic E-state index is 13.3. The number of aromatic nitrogens is 1. The monoisotopic (exact) mass is 387 g/mol. The zero-order valence-electron chi connectivity index (χ0n) is 15.9. The van der Waals surface area contributed by atoms with Gasteiger partial charge in [-0.05, 0) is 36.2 Å². The fraction of sp³-hybridized carbons (Fsp3) is 0.261. The highest BCUT2D eigenvalue weighted by atomic mass is 16.5. The number of rotatable bonds is 3. The van der Waals surface area contributed by atoms with E-state index in [0.717, 1.165) is 28.6 Å². The predicted molar refractivity (Wildman–Crippen MR) is 110 cm³/mol. The van der Waals surface area contributed by atoms with Crippen LogP contribution in [0.25, 0.3) is 10.9 Å².